The fourth-order valence-electron chi connectivity index (χ4n) is 15.0. The van der Waals surface area contributed by atoms with E-state index in [1.54, 1.807) is 80.5 Å². The average molecular weight is 1230 g/mol. The number of piperazine rings is 1. The van der Waals surface area contributed by atoms with Crippen LogP contribution in [0.15, 0.2) is 121 Å². The molecule has 472 valence electrons. The maximum atomic E-state index is 13.0. The SMILES string of the molecule is CCOC(=O)C1Nc2cccc(C(=O)O)c2C2C=CCC12.CN(C)C(=O)C1Nc2cc(C(=O)O)ccc2C2C=CCC12.O=C(O)c1ccc2c(c1)C1C=CCC1C(C(=O)N1CCNCC1)N2.O=C(O)c1cccc2c1C1C=CCC1C(C(=O)N1CCCCC1)N2. The molecular weight excluding hydrogens is 1150 g/mol. The summed E-state index contributed by atoms with van der Waals surface area (Å²) < 4.78 is 5.14. The monoisotopic (exact) mass is 1230 g/mol. The number of benzene rings is 4. The lowest BCUT2D eigenvalue weighted by molar-refractivity contribution is -0.145. The summed E-state index contributed by atoms with van der Waals surface area (Å²) in [6.45, 7) is 6.95. The van der Waals surface area contributed by atoms with Gasteiger partial charge >= 0.3 is 29.8 Å². The lowest BCUT2D eigenvalue weighted by atomic mass is 9.77. The summed E-state index contributed by atoms with van der Waals surface area (Å²) in [5.74, 6) is -2.95. The lowest BCUT2D eigenvalue weighted by Gasteiger charge is -2.40. The molecule has 4 aliphatic carbocycles. The molecule has 4 aromatic rings. The highest BCUT2D eigenvalue weighted by Crippen LogP contribution is 2.50. The van der Waals surface area contributed by atoms with Crippen molar-refractivity contribution in [3.8, 4) is 0 Å². The van der Waals surface area contributed by atoms with Crippen molar-refractivity contribution in [1.29, 1.82) is 0 Å². The number of hydrogen-bond acceptors (Lipinski definition) is 14. The molecule has 21 heteroatoms. The molecule has 4 aromatic carbocycles. The second kappa shape index (κ2) is 26.8. The number of rotatable bonds is 9. The smallest absolute Gasteiger partial charge is 0.336 e. The number of nitrogens with one attached hydrogen (secondary N) is 5. The van der Waals surface area contributed by atoms with E-state index in [4.69, 9.17) is 9.84 Å². The summed E-state index contributed by atoms with van der Waals surface area (Å²) in [6.07, 6.45) is 23.2. The van der Waals surface area contributed by atoms with Crippen LogP contribution in [0.1, 0.15) is 139 Å². The number of aromatic carboxylic acids is 4. The molecule has 0 aromatic heterocycles. The number of fused-ring (bicyclic) bond motifs is 12. The fraction of sp³-hybridized carbons (Fsp3) is 0.420. The predicted octanol–water partition coefficient (Wildman–Crippen LogP) is 8.45. The van der Waals surface area contributed by atoms with Crippen LogP contribution in [0.5, 0.6) is 0 Å². The predicted molar refractivity (Wildman–Crippen MR) is 338 cm³/mol. The number of likely N-dealkylation sites (N-methyl/N-ethyl adjacent to an activating group) is 1. The van der Waals surface area contributed by atoms with Gasteiger partial charge in [-0.25, -0.2) is 24.0 Å². The Kier molecular flexibility index (Phi) is 18.6. The molecule has 3 amide bonds. The second-order valence-electron chi connectivity index (χ2n) is 24.7. The normalized spacial score (nSPS) is 26.9. The van der Waals surface area contributed by atoms with E-state index in [1.165, 1.54) is 6.42 Å². The molecule has 0 bridgehead atoms. The van der Waals surface area contributed by atoms with E-state index in [-0.39, 0.29) is 94.7 Å². The number of hydrogen-bond donors (Lipinski definition) is 9. The van der Waals surface area contributed by atoms with Crippen LogP contribution in [-0.4, -0.2) is 167 Å². The van der Waals surface area contributed by atoms with Gasteiger partial charge in [-0.15, -0.1) is 0 Å². The van der Waals surface area contributed by atoms with Crippen molar-refractivity contribution < 1.29 is 63.5 Å². The van der Waals surface area contributed by atoms with E-state index in [0.717, 1.165) is 117 Å². The van der Waals surface area contributed by atoms with Gasteiger partial charge in [0.05, 0.1) is 28.9 Å². The summed E-state index contributed by atoms with van der Waals surface area (Å²) in [4.78, 5) is 101. The van der Waals surface area contributed by atoms with Gasteiger partial charge in [-0.05, 0) is 129 Å². The van der Waals surface area contributed by atoms with Gasteiger partial charge in [-0.2, -0.15) is 0 Å². The van der Waals surface area contributed by atoms with Gasteiger partial charge in [0.25, 0.3) is 0 Å². The van der Waals surface area contributed by atoms with E-state index < -0.39 is 29.9 Å². The zero-order valence-corrected chi connectivity index (χ0v) is 50.7. The average Bonchev–Trinajstić information content (AvgIpc) is 1.67. The standard InChI is InChI=1S/C19H22N2O3.C18H21N3O3.C16H18N2O3.C16H17NO4/c22-18(21-10-2-1-3-11-21)17-13-7-4-6-12(13)16-14(19(23)24)8-5-9-15(16)20-17;22-17(21-8-6-19-7-9-21)16-13-3-1-2-12(13)14-10-11(18(23)24)4-5-15(14)20-16;1-18(2)15(19)14-12-5-3-4-10(12)11-7-6-9(16(20)21)8-13(11)17-14;1-2-21-16(20)14-10-6-3-5-9(10)13-11(15(18)19)7-4-8-12(13)17-14/h4-6,8-9,12-13,17,20H,1-3,7,10-11H2,(H,23,24);1-2,4-5,10,12-13,16,19-20H,3,6-9H2,(H,23,24);3-4,6-8,10,12,14,17H,5H2,1-2H3,(H,20,21);3-5,7-10,14,17H,2,6H2,1H3,(H,18,19). The fourth-order valence-corrected chi connectivity index (χ4v) is 15.0. The molecule has 6 aliphatic heterocycles. The molecule has 2 saturated heterocycles. The quantitative estimate of drug-likeness (QED) is 0.0561. The van der Waals surface area contributed by atoms with Crippen LogP contribution in [0.2, 0.25) is 0 Å². The van der Waals surface area contributed by atoms with Crippen molar-refractivity contribution in [3.63, 3.8) is 0 Å². The summed E-state index contributed by atoms with van der Waals surface area (Å²) in [7, 11) is 3.48. The van der Waals surface area contributed by atoms with Crippen LogP contribution < -0.4 is 26.6 Å². The number of esters is 1. The van der Waals surface area contributed by atoms with Crippen molar-refractivity contribution in [2.75, 3.05) is 81.2 Å². The van der Waals surface area contributed by atoms with Gasteiger partial charge in [0.15, 0.2) is 0 Å². The lowest BCUT2D eigenvalue weighted by Crippen LogP contribution is -2.54. The highest BCUT2D eigenvalue weighted by atomic mass is 16.5. The van der Waals surface area contributed by atoms with E-state index in [2.05, 4.69) is 63.0 Å². The number of allylic oxidation sites excluding steroid dienone is 8. The Morgan fingerprint density at radius 1 is 0.489 bits per heavy atom. The Hall–Kier alpha value is -9.24. The van der Waals surface area contributed by atoms with Gasteiger partial charge in [-0.1, -0.05) is 66.8 Å². The molecular formula is C69H78N8O13. The third-order valence-electron chi connectivity index (χ3n) is 19.3. The van der Waals surface area contributed by atoms with Gasteiger partial charge < -0.3 is 66.4 Å². The number of likely N-dealkylation sites (tertiary alicyclic amines) is 1. The molecule has 90 heavy (non-hydrogen) atoms. The highest BCUT2D eigenvalue weighted by Gasteiger charge is 2.47. The van der Waals surface area contributed by atoms with E-state index in [9.17, 15) is 53.7 Å². The molecule has 6 heterocycles. The molecule has 12 atom stereocenters. The zero-order chi connectivity index (χ0) is 63.5. The third kappa shape index (κ3) is 12.4. The van der Waals surface area contributed by atoms with Crippen LogP contribution in [0.4, 0.5) is 22.7 Å². The van der Waals surface area contributed by atoms with Crippen molar-refractivity contribution in [3.05, 3.63) is 166 Å². The van der Waals surface area contributed by atoms with Crippen LogP contribution in [0.3, 0.4) is 0 Å². The van der Waals surface area contributed by atoms with E-state index >= 15 is 0 Å². The Bertz CT molecular complexity index is 3600. The van der Waals surface area contributed by atoms with E-state index in [0.29, 0.717) is 29.0 Å². The maximum absolute atomic E-state index is 13.0. The van der Waals surface area contributed by atoms with Crippen molar-refractivity contribution in [2.24, 2.45) is 23.7 Å². The minimum atomic E-state index is -0.959. The number of ether oxygens (including phenoxy) is 1. The molecule has 21 nitrogen and oxygen atoms in total. The van der Waals surface area contributed by atoms with Gasteiger partial charge in [0.1, 0.15) is 24.2 Å². The number of carboxylic acids is 4. The van der Waals surface area contributed by atoms with Crippen LogP contribution >= 0.6 is 0 Å². The Labute approximate surface area is 522 Å². The van der Waals surface area contributed by atoms with Crippen molar-refractivity contribution >= 4 is 70.3 Å². The van der Waals surface area contributed by atoms with Gasteiger partial charge in [-0.3, -0.25) is 14.4 Å². The van der Waals surface area contributed by atoms with Crippen LogP contribution in [-0.2, 0) is 23.9 Å². The molecule has 14 rings (SSSR count). The van der Waals surface area contributed by atoms with Gasteiger partial charge in [0.2, 0.25) is 17.7 Å². The number of carboxylic acid groups (broad SMARTS) is 4. The molecule has 0 saturated carbocycles. The Balaban J connectivity index is 0.000000124. The van der Waals surface area contributed by atoms with Crippen molar-refractivity contribution in [1.82, 2.24) is 20.0 Å². The molecule has 0 spiro atoms. The summed E-state index contributed by atoms with van der Waals surface area (Å²) in [6, 6.07) is 19.4. The number of carbonyl (C=O) groups is 8. The molecule has 10 aliphatic rings. The number of piperidine rings is 1. The van der Waals surface area contributed by atoms with E-state index in [1.807, 2.05) is 40.2 Å². The largest absolute Gasteiger partial charge is 0.478 e. The minimum absolute atomic E-state index is 0.00675. The number of anilines is 4. The number of carbonyl (C=O) groups excluding carboxylic acids is 4. The summed E-state index contributed by atoms with van der Waals surface area (Å²) >= 11 is 0. The second-order valence-corrected chi connectivity index (χ2v) is 24.7. The first-order valence-electron chi connectivity index (χ1n) is 31.3. The topological polar surface area (TPSA) is 297 Å². The molecule has 9 N–H and O–H groups in total. The first kappa shape index (κ1) is 62.4. The minimum Gasteiger partial charge on any atom is -0.478 e. The first-order chi connectivity index (χ1) is 43.4. The summed E-state index contributed by atoms with van der Waals surface area (Å²) in [5.41, 5.74) is 7.94. The first-order valence-corrected chi connectivity index (χ1v) is 31.3. The van der Waals surface area contributed by atoms with Crippen LogP contribution in [0, 0.1) is 23.7 Å². The highest BCUT2D eigenvalue weighted by molar-refractivity contribution is 5.96. The Morgan fingerprint density at radius 3 is 1.48 bits per heavy atom. The molecule has 0 radical (unpaired) electrons. The third-order valence-corrected chi connectivity index (χ3v) is 19.3. The van der Waals surface area contributed by atoms with Crippen molar-refractivity contribution in [2.45, 2.75) is 99.7 Å². The van der Waals surface area contributed by atoms with Gasteiger partial charge in [0, 0.05) is 123 Å². The summed E-state index contributed by atoms with van der Waals surface area (Å²) in [5, 5.41) is 53.7. The zero-order valence-electron chi connectivity index (χ0n) is 50.7. The number of nitrogens with zero attached hydrogens (tertiary/aromatic N) is 3. The maximum Gasteiger partial charge on any atom is 0.336 e. The Morgan fingerprint density at radius 2 is 0.944 bits per heavy atom. The van der Waals surface area contributed by atoms with Crippen LogP contribution in [0.25, 0.3) is 0 Å². The number of amides is 3. The molecule has 12 unspecified atom stereocenters. The molecule has 2 fully saturated rings.